The van der Waals surface area contributed by atoms with Crippen molar-refractivity contribution in [2.75, 3.05) is 25.6 Å². The average molecular weight is 274 g/mol. The summed E-state index contributed by atoms with van der Waals surface area (Å²) >= 11 is 0. The Hall–Kier alpha value is -1.88. The number of pyridine rings is 1. The van der Waals surface area contributed by atoms with Crippen LogP contribution < -0.4 is 5.32 Å². The van der Waals surface area contributed by atoms with E-state index < -0.39 is 0 Å². The van der Waals surface area contributed by atoms with E-state index in [9.17, 15) is 0 Å². The van der Waals surface area contributed by atoms with Crippen molar-refractivity contribution in [3.8, 4) is 11.1 Å². The maximum Gasteiger partial charge on any atom is 0.125 e. The maximum absolute atomic E-state index is 5.02. The predicted molar refractivity (Wildman–Crippen MR) is 80.9 cm³/mol. The van der Waals surface area contributed by atoms with Gasteiger partial charge in [0, 0.05) is 43.3 Å². The number of hydrogen-bond donors (Lipinski definition) is 2. The molecule has 0 unspecified atom stereocenters. The van der Waals surface area contributed by atoms with E-state index in [-0.39, 0.29) is 0 Å². The number of aromatic nitrogens is 3. The molecule has 5 heteroatoms. The van der Waals surface area contributed by atoms with Gasteiger partial charge in [0.1, 0.15) is 5.82 Å². The minimum atomic E-state index is 0.813. The minimum Gasteiger partial charge on any atom is -0.385 e. The van der Waals surface area contributed by atoms with Crippen LogP contribution in [-0.2, 0) is 4.74 Å². The van der Waals surface area contributed by atoms with E-state index in [1.165, 1.54) is 0 Å². The molecule has 0 aliphatic carbocycles. The number of methoxy groups -OCH3 is 1. The Kier molecular flexibility index (Phi) is 5.12. The Morgan fingerprint density at radius 3 is 2.70 bits per heavy atom. The van der Waals surface area contributed by atoms with Crippen LogP contribution in [0.25, 0.3) is 11.1 Å². The number of ether oxygens (including phenoxy) is 1. The molecule has 0 aromatic carbocycles. The van der Waals surface area contributed by atoms with Crippen LogP contribution in [0.5, 0.6) is 0 Å². The fourth-order valence-electron chi connectivity index (χ4n) is 2.21. The van der Waals surface area contributed by atoms with Gasteiger partial charge in [0.15, 0.2) is 0 Å². The summed E-state index contributed by atoms with van der Waals surface area (Å²) < 4.78 is 5.02. The first-order chi connectivity index (χ1) is 9.72. The Morgan fingerprint density at radius 2 is 2.10 bits per heavy atom. The number of rotatable bonds is 7. The number of anilines is 1. The summed E-state index contributed by atoms with van der Waals surface area (Å²) in [6.07, 6.45) is 4.04. The zero-order chi connectivity index (χ0) is 14.4. The van der Waals surface area contributed by atoms with Crippen molar-refractivity contribution in [1.29, 1.82) is 0 Å². The Bertz CT molecular complexity index is 514. The Labute approximate surface area is 119 Å². The van der Waals surface area contributed by atoms with Gasteiger partial charge in [-0.1, -0.05) is 0 Å². The van der Waals surface area contributed by atoms with Crippen molar-refractivity contribution in [2.45, 2.75) is 26.7 Å². The standard InChI is InChI=1S/C15H22N4O/c1-11-15(12(2)19-18-11)13-6-7-14(17-10-13)16-8-4-5-9-20-3/h6-7,10H,4-5,8-9H2,1-3H3,(H,16,17)(H,18,19). The van der Waals surface area contributed by atoms with Crippen LogP contribution in [0, 0.1) is 13.8 Å². The van der Waals surface area contributed by atoms with Crippen molar-refractivity contribution in [3.05, 3.63) is 29.7 Å². The molecule has 0 saturated carbocycles. The van der Waals surface area contributed by atoms with Crippen LogP contribution >= 0.6 is 0 Å². The summed E-state index contributed by atoms with van der Waals surface area (Å²) in [5.74, 6) is 0.907. The third-order valence-corrected chi connectivity index (χ3v) is 3.26. The van der Waals surface area contributed by atoms with Crippen molar-refractivity contribution >= 4 is 5.82 Å². The van der Waals surface area contributed by atoms with Gasteiger partial charge in [-0.2, -0.15) is 5.10 Å². The second-order valence-electron chi connectivity index (χ2n) is 4.87. The van der Waals surface area contributed by atoms with Gasteiger partial charge in [-0.25, -0.2) is 4.98 Å². The van der Waals surface area contributed by atoms with Gasteiger partial charge in [0.25, 0.3) is 0 Å². The normalized spacial score (nSPS) is 10.8. The fraction of sp³-hybridized carbons (Fsp3) is 0.467. The molecule has 0 atom stereocenters. The first kappa shape index (κ1) is 14.5. The maximum atomic E-state index is 5.02. The predicted octanol–water partition coefficient (Wildman–Crippen LogP) is 2.93. The molecule has 0 amide bonds. The van der Waals surface area contributed by atoms with E-state index in [1.807, 2.05) is 26.1 Å². The van der Waals surface area contributed by atoms with Crippen molar-refractivity contribution in [2.24, 2.45) is 0 Å². The monoisotopic (exact) mass is 274 g/mol. The van der Waals surface area contributed by atoms with E-state index in [1.54, 1.807) is 7.11 Å². The van der Waals surface area contributed by atoms with Gasteiger partial charge in [0.05, 0.1) is 5.69 Å². The molecule has 2 N–H and O–H groups in total. The van der Waals surface area contributed by atoms with E-state index in [2.05, 4.69) is 26.6 Å². The summed E-state index contributed by atoms with van der Waals surface area (Å²) in [6.45, 7) is 5.75. The number of unbranched alkanes of at least 4 members (excludes halogenated alkanes) is 1. The summed E-state index contributed by atoms with van der Waals surface area (Å²) in [4.78, 5) is 4.45. The summed E-state index contributed by atoms with van der Waals surface area (Å²) in [7, 11) is 1.73. The number of aryl methyl sites for hydroxylation is 2. The van der Waals surface area contributed by atoms with Gasteiger partial charge in [-0.05, 0) is 38.8 Å². The highest BCUT2D eigenvalue weighted by Gasteiger charge is 2.08. The first-order valence-corrected chi connectivity index (χ1v) is 6.93. The quantitative estimate of drug-likeness (QED) is 0.762. The van der Waals surface area contributed by atoms with E-state index in [4.69, 9.17) is 4.74 Å². The molecule has 0 radical (unpaired) electrons. The zero-order valence-electron chi connectivity index (χ0n) is 12.4. The molecule has 0 saturated heterocycles. The molecule has 0 bridgehead atoms. The molecule has 0 aliphatic rings. The SMILES string of the molecule is COCCCCNc1ccc(-c2c(C)n[nH]c2C)cn1. The second kappa shape index (κ2) is 7.05. The molecule has 5 nitrogen and oxygen atoms in total. The summed E-state index contributed by atoms with van der Waals surface area (Å²) in [5.41, 5.74) is 4.32. The van der Waals surface area contributed by atoms with Crippen molar-refractivity contribution in [1.82, 2.24) is 15.2 Å². The van der Waals surface area contributed by atoms with Crippen LogP contribution in [0.3, 0.4) is 0 Å². The van der Waals surface area contributed by atoms with Crippen LogP contribution in [-0.4, -0.2) is 35.4 Å². The lowest BCUT2D eigenvalue weighted by Crippen LogP contribution is -2.04. The number of hydrogen-bond acceptors (Lipinski definition) is 4. The lowest BCUT2D eigenvalue weighted by Gasteiger charge is -2.07. The van der Waals surface area contributed by atoms with Gasteiger partial charge in [-0.3, -0.25) is 5.10 Å². The van der Waals surface area contributed by atoms with E-state index in [0.717, 1.165) is 54.3 Å². The molecule has 2 heterocycles. The van der Waals surface area contributed by atoms with Crippen LogP contribution in [0.2, 0.25) is 0 Å². The number of H-pyrrole nitrogens is 1. The third-order valence-electron chi connectivity index (χ3n) is 3.26. The van der Waals surface area contributed by atoms with Crippen LogP contribution in [0.1, 0.15) is 24.2 Å². The zero-order valence-corrected chi connectivity index (χ0v) is 12.4. The van der Waals surface area contributed by atoms with E-state index >= 15 is 0 Å². The third kappa shape index (κ3) is 3.57. The topological polar surface area (TPSA) is 62.8 Å². The summed E-state index contributed by atoms with van der Waals surface area (Å²) in [6, 6.07) is 4.09. The summed E-state index contributed by atoms with van der Waals surface area (Å²) in [5, 5.41) is 10.5. The highest BCUT2D eigenvalue weighted by Crippen LogP contribution is 2.25. The van der Waals surface area contributed by atoms with Crippen molar-refractivity contribution in [3.63, 3.8) is 0 Å². The Balaban J connectivity index is 1.93. The molecule has 0 spiro atoms. The highest BCUT2D eigenvalue weighted by molar-refractivity contribution is 5.68. The smallest absolute Gasteiger partial charge is 0.125 e. The number of nitrogens with one attached hydrogen (secondary N) is 2. The molecular weight excluding hydrogens is 252 g/mol. The number of aromatic amines is 1. The van der Waals surface area contributed by atoms with Gasteiger partial charge in [-0.15, -0.1) is 0 Å². The lowest BCUT2D eigenvalue weighted by molar-refractivity contribution is 0.194. The first-order valence-electron chi connectivity index (χ1n) is 6.93. The van der Waals surface area contributed by atoms with Gasteiger partial charge >= 0.3 is 0 Å². The Morgan fingerprint density at radius 1 is 1.25 bits per heavy atom. The average Bonchev–Trinajstić information content (AvgIpc) is 2.79. The molecular formula is C15H22N4O. The van der Waals surface area contributed by atoms with Gasteiger partial charge in [0.2, 0.25) is 0 Å². The number of nitrogens with zero attached hydrogens (tertiary/aromatic N) is 2. The molecule has 2 aromatic heterocycles. The van der Waals surface area contributed by atoms with E-state index in [0.29, 0.717) is 0 Å². The van der Waals surface area contributed by atoms with Gasteiger partial charge < -0.3 is 10.1 Å². The molecule has 0 fully saturated rings. The molecule has 0 aliphatic heterocycles. The van der Waals surface area contributed by atoms with Crippen molar-refractivity contribution < 1.29 is 4.74 Å². The highest BCUT2D eigenvalue weighted by atomic mass is 16.5. The molecule has 2 aromatic rings. The largest absolute Gasteiger partial charge is 0.385 e. The molecule has 108 valence electrons. The lowest BCUT2D eigenvalue weighted by atomic mass is 10.1. The van der Waals surface area contributed by atoms with Crippen LogP contribution in [0.4, 0.5) is 5.82 Å². The molecule has 2 rings (SSSR count). The molecule has 20 heavy (non-hydrogen) atoms. The second-order valence-corrected chi connectivity index (χ2v) is 4.87. The van der Waals surface area contributed by atoms with Crippen LogP contribution in [0.15, 0.2) is 18.3 Å². The minimum absolute atomic E-state index is 0.813. The fourth-order valence-corrected chi connectivity index (χ4v) is 2.21.